The highest BCUT2D eigenvalue weighted by Gasteiger charge is 2.13. The third-order valence-corrected chi connectivity index (χ3v) is 2.73. The molecule has 0 amide bonds. The largest absolute Gasteiger partial charge is 0.476 e. The van der Waals surface area contributed by atoms with Crippen molar-refractivity contribution in [3.63, 3.8) is 0 Å². The summed E-state index contributed by atoms with van der Waals surface area (Å²) in [6, 6.07) is 3.91. The highest BCUT2D eigenvalue weighted by molar-refractivity contribution is 7.09. The summed E-state index contributed by atoms with van der Waals surface area (Å²) in [4.78, 5) is 18.4. The molecule has 0 aliphatic carbocycles. The second-order valence-corrected chi connectivity index (χ2v) is 3.82. The Morgan fingerprint density at radius 1 is 1.64 bits per heavy atom. The van der Waals surface area contributed by atoms with Gasteiger partial charge < -0.3 is 10.1 Å². The fraction of sp³-hybridized carbons (Fsp3) is 0.111. The Labute approximate surface area is 84.2 Å². The van der Waals surface area contributed by atoms with Crippen molar-refractivity contribution in [1.82, 2.24) is 9.97 Å². The quantitative estimate of drug-likeness (QED) is 0.807. The van der Waals surface area contributed by atoms with Crippen LogP contribution in [-0.2, 0) is 6.42 Å². The molecular formula is C9H8N2O2S. The molecule has 2 rings (SSSR count). The number of nitrogens with one attached hydrogen (secondary N) is 1. The molecular weight excluding hydrogens is 200 g/mol. The van der Waals surface area contributed by atoms with Crippen LogP contribution in [0.1, 0.15) is 21.1 Å². The van der Waals surface area contributed by atoms with Crippen molar-refractivity contribution in [2.45, 2.75) is 6.42 Å². The molecule has 4 nitrogen and oxygen atoms in total. The number of H-pyrrole nitrogens is 1. The topological polar surface area (TPSA) is 66.0 Å². The predicted octanol–water partition coefficient (Wildman–Crippen LogP) is 1.76. The molecule has 5 heteroatoms. The monoisotopic (exact) mass is 208 g/mol. The molecule has 14 heavy (non-hydrogen) atoms. The second kappa shape index (κ2) is 3.63. The van der Waals surface area contributed by atoms with Gasteiger partial charge in [-0.3, -0.25) is 0 Å². The van der Waals surface area contributed by atoms with E-state index in [1.165, 1.54) is 6.33 Å². The van der Waals surface area contributed by atoms with Gasteiger partial charge >= 0.3 is 5.97 Å². The summed E-state index contributed by atoms with van der Waals surface area (Å²) in [7, 11) is 0. The van der Waals surface area contributed by atoms with E-state index in [1.807, 2.05) is 17.5 Å². The molecule has 72 valence electrons. The van der Waals surface area contributed by atoms with Gasteiger partial charge in [-0.25, -0.2) is 9.78 Å². The smallest absolute Gasteiger partial charge is 0.356 e. The van der Waals surface area contributed by atoms with Crippen molar-refractivity contribution in [2.24, 2.45) is 0 Å². The van der Waals surface area contributed by atoms with E-state index < -0.39 is 5.97 Å². The van der Waals surface area contributed by atoms with Crippen LogP contribution in [-0.4, -0.2) is 21.0 Å². The van der Waals surface area contributed by atoms with Gasteiger partial charge in [0, 0.05) is 11.3 Å². The maximum Gasteiger partial charge on any atom is 0.356 e. The Morgan fingerprint density at radius 2 is 2.50 bits per heavy atom. The number of carbonyl (C=O) groups is 1. The van der Waals surface area contributed by atoms with Gasteiger partial charge in [0.2, 0.25) is 0 Å². The molecule has 2 aromatic rings. The zero-order valence-corrected chi connectivity index (χ0v) is 8.04. The number of hydrogen-bond donors (Lipinski definition) is 2. The maximum atomic E-state index is 10.7. The SMILES string of the molecule is O=C(O)c1nc[nH]c1Cc1cccs1. The van der Waals surface area contributed by atoms with Crippen LogP contribution in [0, 0.1) is 0 Å². The average Bonchev–Trinajstić information content (AvgIpc) is 2.75. The molecule has 0 fully saturated rings. The van der Waals surface area contributed by atoms with E-state index in [-0.39, 0.29) is 5.69 Å². The third-order valence-electron chi connectivity index (χ3n) is 1.85. The number of aromatic amines is 1. The maximum absolute atomic E-state index is 10.7. The molecule has 2 N–H and O–H groups in total. The molecule has 0 radical (unpaired) electrons. The van der Waals surface area contributed by atoms with Crippen molar-refractivity contribution in [3.8, 4) is 0 Å². The average molecular weight is 208 g/mol. The number of rotatable bonds is 3. The van der Waals surface area contributed by atoms with Gasteiger partial charge in [-0.1, -0.05) is 6.07 Å². The Hall–Kier alpha value is -1.62. The first-order valence-corrected chi connectivity index (χ1v) is 4.93. The van der Waals surface area contributed by atoms with E-state index in [0.717, 1.165) is 4.88 Å². The number of carboxylic acids is 1. The number of nitrogens with zero attached hydrogens (tertiary/aromatic N) is 1. The minimum atomic E-state index is -0.988. The number of hydrogen-bond acceptors (Lipinski definition) is 3. The molecule has 2 heterocycles. The summed E-state index contributed by atoms with van der Waals surface area (Å²) in [6.45, 7) is 0. The van der Waals surface area contributed by atoms with E-state index in [4.69, 9.17) is 5.11 Å². The fourth-order valence-corrected chi connectivity index (χ4v) is 1.94. The lowest BCUT2D eigenvalue weighted by atomic mass is 10.2. The number of thiophene rings is 1. The zero-order valence-electron chi connectivity index (χ0n) is 7.23. The molecule has 0 atom stereocenters. The van der Waals surface area contributed by atoms with Crippen LogP contribution in [0.5, 0.6) is 0 Å². The predicted molar refractivity (Wildman–Crippen MR) is 52.7 cm³/mol. The van der Waals surface area contributed by atoms with Gasteiger partial charge in [-0.05, 0) is 11.4 Å². The first kappa shape index (κ1) is 8.96. The molecule has 0 aliphatic heterocycles. The van der Waals surface area contributed by atoms with Crippen LogP contribution in [0.15, 0.2) is 23.8 Å². The lowest BCUT2D eigenvalue weighted by Crippen LogP contribution is -2.01. The Kier molecular flexibility index (Phi) is 2.32. The normalized spacial score (nSPS) is 10.3. The van der Waals surface area contributed by atoms with Gasteiger partial charge in [0.1, 0.15) is 0 Å². The first-order valence-electron chi connectivity index (χ1n) is 4.05. The number of aromatic carboxylic acids is 1. The minimum absolute atomic E-state index is 0.110. The third kappa shape index (κ3) is 1.67. The summed E-state index contributed by atoms with van der Waals surface area (Å²) in [5, 5.41) is 10.8. The number of imidazole rings is 1. The standard InChI is InChI=1S/C9H8N2O2S/c12-9(13)8-7(10-5-11-8)4-6-2-1-3-14-6/h1-3,5H,4H2,(H,10,11)(H,12,13). The molecule has 0 aromatic carbocycles. The van der Waals surface area contributed by atoms with Crippen LogP contribution in [0.25, 0.3) is 0 Å². The first-order chi connectivity index (χ1) is 6.77. The van der Waals surface area contributed by atoms with Crippen molar-refractivity contribution in [2.75, 3.05) is 0 Å². The van der Waals surface area contributed by atoms with Crippen LogP contribution >= 0.6 is 11.3 Å². The van der Waals surface area contributed by atoms with E-state index in [1.54, 1.807) is 11.3 Å². The molecule has 0 saturated carbocycles. The fourth-order valence-electron chi connectivity index (χ4n) is 1.23. The van der Waals surface area contributed by atoms with E-state index in [0.29, 0.717) is 12.1 Å². The van der Waals surface area contributed by atoms with Crippen molar-refractivity contribution in [3.05, 3.63) is 40.1 Å². The molecule has 0 aliphatic rings. The van der Waals surface area contributed by atoms with Crippen LogP contribution in [0.3, 0.4) is 0 Å². The second-order valence-electron chi connectivity index (χ2n) is 2.79. The highest BCUT2D eigenvalue weighted by atomic mass is 32.1. The Balaban J connectivity index is 2.25. The van der Waals surface area contributed by atoms with Crippen molar-refractivity contribution in [1.29, 1.82) is 0 Å². The summed E-state index contributed by atoms with van der Waals surface area (Å²) < 4.78 is 0. The van der Waals surface area contributed by atoms with Crippen LogP contribution in [0.2, 0.25) is 0 Å². The zero-order chi connectivity index (χ0) is 9.97. The van der Waals surface area contributed by atoms with Crippen LogP contribution < -0.4 is 0 Å². The van der Waals surface area contributed by atoms with Gasteiger partial charge in [0.25, 0.3) is 0 Å². The van der Waals surface area contributed by atoms with Crippen molar-refractivity contribution >= 4 is 17.3 Å². The van der Waals surface area contributed by atoms with Gasteiger partial charge in [-0.2, -0.15) is 0 Å². The number of carboxylic acid groups (broad SMARTS) is 1. The van der Waals surface area contributed by atoms with Gasteiger partial charge in [0.05, 0.1) is 12.0 Å². The molecule has 0 spiro atoms. The Morgan fingerprint density at radius 3 is 3.14 bits per heavy atom. The molecule has 0 unspecified atom stereocenters. The lowest BCUT2D eigenvalue weighted by Gasteiger charge is -1.95. The van der Waals surface area contributed by atoms with Crippen LogP contribution in [0.4, 0.5) is 0 Å². The molecule has 0 bridgehead atoms. The summed E-state index contributed by atoms with van der Waals surface area (Å²) in [6.07, 6.45) is 2.01. The molecule has 0 saturated heterocycles. The number of aromatic nitrogens is 2. The minimum Gasteiger partial charge on any atom is -0.476 e. The summed E-state index contributed by atoms with van der Waals surface area (Å²) in [5.41, 5.74) is 0.762. The van der Waals surface area contributed by atoms with E-state index >= 15 is 0 Å². The van der Waals surface area contributed by atoms with E-state index in [2.05, 4.69) is 9.97 Å². The molecule has 2 aromatic heterocycles. The summed E-state index contributed by atoms with van der Waals surface area (Å²) in [5.74, 6) is -0.988. The van der Waals surface area contributed by atoms with Crippen molar-refractivity contribution < 1.29 is 9.90 Å². The van der Waals surface area contributed by atoms with E-state index in [9.17, 15) is 4.79 Å². The van der Waals surface area contributed by atoms with Gasteiger partial charge in [0.15, 0.2) is 5.69 Å². The van der Waals surface area contributed by atoms with Gasteiger partial charge in [-0.15, -0.1) is 11.3 Å². The highest BCUT2D eigenvalue weighted by Crippen LogP contribution is 2.15. The Bertz CT molecular complexity index is 433. The summed E-state index contributed by atoms with van der Waals surface area (Å²) >= 11 is 1.60. The lowest BCUT2D eigenvalue weighted by molar-refractivity contribution is 0.0690.